The summed E-state index contributed by atoms with van der Waals surface area (Å²) in [6.07, 6.45) is -3.72. The van der Waals surface area contributed by atoms with E-state index in [0.29, 0.717) is 3.79 Å². The van der Waals surface area contributed by atoms with Gasteiger partial charge in [0, 0.05) is 4.88 Å². The lowest BCUT2D eigenvalue weighted by Crippen LogP contribution is -2.30. The van der Waals surface area contributed by atoms with Crippen LogP contribution in [0.3, 0.4) is 0 Å². The number of hydrogen-bond donors (Lipinski definition) is 0. The highest BCUT2D eigenvalue weighted by molar-refractivity contribution is 9.11. The lowest BCUT2D eigenvalue weighted by molar-refractivity contribution is -0.127. The maximum absolute atomic E-state index is 12.9. The predicted octanol–water partition coefficient (Wildman–Crippen LogP) is 5.50. The molecule has 0 amide bonds. The maximum Gasteiger partial charge on any atom is 0.324 e. The normalized spacial score (nSPS) is 14.7. The first kappa shape index (κ1) is 13.7. The topological polar surface area (TPSA) is 0 Å². The van der Waals surface area contributed by atoms with E-state index >= 15 is 0 Å². The van der Waals surface area contributed by atoms with Crippen LogP contribution in [-0.4, -0.2) is 12.3 Å². The molecule has 0 aliphatic heterocycles. The van der Waals surface area contributed by atoms with Gasteiger partial charge >= 0.3 is 12.3 Å². The summed E-state index contributed by atoms with van der Waals surface area (Å²) in [6.45, 7) is 0. The van der Waals surface area contributed by atoms with Crippen LogP contribution in [0, 0.1) is 0 Å². The van der Waals surface area contributed by atoms with E-state index in [0.717, 1.165) is 11.3 Å². The van der Waals surface area contributed by atoms with Crippen LogP contribution in [0.2, 0.25) is 5.02 Å². The Morgan fingerprint density at radius 3 is 2.27 bits per heavy atom. The van der Waals surface area contributed by atoms with Gasteiger partial charge in [0.1, 0.15) is 4.83 Å². The molecule has 1 atom stereocenters. The highest BCUT2D eigenvalue weighted by Gasteiger charge is 2.49. The second-order valence-electron chi connectivity index (χ2n) is 2.61. The molecule has 0 bridgehead atoms. The van der Waals surface area contributed by atoms with E-state index < -0.39 is 17.2 Å². The zero-order valence-corrected chi connectivity index (χ0v) is 11.5. The van der Waals surface area contributed by atoms with Crippen molar-refractivity contribution in [3.8, 4) is 0 Å². The number of alkyl halides is 5. The minimum Gasteiger partial charge on any atom is -0.204 e. The molecule has 1 aromatic heterocycles. The molecule has 8 heteroatoms. The van der Waals surface area contributed by atoms with E-state index in [1.807, 2.05) is 0 Å². The van der Waals surface area contributed by atoms with Crippen LogP contribution in [0.4, 0.5) is 17.6 Å². The van der Waals surface area contributed by atoms with Crippen LogP contribution in [0.15, 0.2) is 9.85 Å². The standard InChI is InChI=1S/C7H3Br2ClF4S/c8-4(7(13,14)6(11)12)3-1-2(10)5(9)15-3/h1,4,6H. The van der Waals surface area contributed by atoms with E-state index in [4.69, 9.17) is 11.6 Å². The van der Waals surface area contributed by atoms with Crippen molar-refractivity contribution in [3.63, 3.8) is 0 Å². The Morgan fingerprint density at radius 2 is 1.93 bits per heavy atom. The molecule has 1 heterocycles. The summed E-state index contributed by atoms with van der Waals surface area (Å²) in [7, 11) is 0. The molecule has 0 aliphatic carbocycles. The average molecular weight is 390 g/mol. The van der Waals surface area contributed by atoms with Crippen LogP contribution >= 0.6 is 54.8 Å². The molecule has 0 spiro atoms. The van der Waals surface area contributed by atoms with Gasteiger partial charge < -0.3 is 0 Å². The van der Waals surface area contributed by atoms with Crippen LogP contribution in [-0.2, 0) is 0 Å². The third-order valence-electron chi connectivity index (χ3n) is 1.54. The molecular formula is C7H3Br2ClF4S. The van der Waals surface area contributed by atoms with Crippen molar-refractivity contribution < 1.29 is 17.6 Å². The van der Waals surface area contributed by atoms with Crippen LogP contribution < -0.4 is 0 Å². The van der Waals surface area contributed by atoms with Crippen LogP contribution in [0.25, 0.3) is 0 Å². The third-order valence-corrected chi connectivity index (χ3v) is 5.49. The first-order valence-corrected chi connectivity index (χ1v) is 6.42. The van der Waals surface area contributed by atoms with Crippen molar-refractivity contribution in [2.45, 2.75) is 17.2 Å². The maximum atomic E-state index is 12.9. The highest BCUT2D eigenvalue weighted by Crippen LogP contribution is 2.47. The van der Waals surface area contributed by atoms with E-state index in [9.17, 15) is 17.6 Å². The molecule has 0 aromatic carbocycles. The Kier molecular flexibility index (Phi) is 4.48. The van der Waals surface area contributed by atoms with Gasteiger partial charge in [0.15, 0.2) is 0 Å². The van der Waals surface area contributed by atoms with Gasteiger partial charge in [0.2, 0.25) is 0 Å². The third kappa shape index (κ3) is 2.87. The molecule has 0 radical (unpaired) electrons. The zero-order valence-electron chi connectivity index (χ0n) is 6.79. The van der Waals surface area contributed by atoms with Crippen molar-refractivity contribution in [1.29, 1.82) is 0 Å². The van der Waals surface area contributed by atoms with Gasteiger partial charge in [-0.25, -0.2) is 8.78 Å². The van der Waals surface area contributed by atoms with Gasteiger partial charge in [0.25, 0.3) is 0 Å². The average Bonchev–Trinajstić information content (AvgIpc) is 2.45. The van der Waals surface area contributed by atoms with Gasteiger partial charge in [-0.05, 0) is 22.0 Å². The summed E-state index contributed by atoms with van der Waals surface area (Å²) >= 11 is 12.1. The molecule has 0 saturated carbocycles. The molecule has 0 N–H and O–H groups in total. The molecule has 0 saturated heterocycles. The first-order valence-electron chi connectivity index (χ1n) is 3.51. The minimum absolute atomic E-state index is 0.0529. The Bertz CT molecular complexity index is 335. The molecule has 1 aromatic rings. The highest BCUT2D eigenvalue weighted by atomic mass is 79.9. The molecule has 1 unspecified atom stereocenters. The largest absolute Gasteiger partial charge is 0.324 e. The summed E-state index contributed by atoms with van der Waals surface area (Å²) < 4.78 is 50.3. The summed E-state index contributed by atoms with van der Waals surface area (Å²) in [6, 6.07) is 1.23. The van der Waals surface area contributed by atoms with E-state index in [1.54, 1.807) is 0 Å². The molecule has 0 aliphatic rings. The van der Waals surface area contributed by atoms with Gasteiger partial charge in [0.05, 0.1) is 8.81 Å². The molecule has 86 valence electrons. The van der Waals surface area contributed by atoms with Crippen molar-refractivity contribution >= 4 is 54.8 Å². The second-order valence-corrected chi connectivity index (χ2v) is 6.33. The van der Waals surface area contributed by atoms with E-state index in [-0.39, 0.29) is 9.90 Å². The molecular weight excluding hydrogens is 387 g/mol. The van der Waals surface area contributed by atoms with Crippen LogP contribution in [0.1, 0.15) is 9.70 Å². The SMILES string of the molecule is FC(F)C(F)(F)C(Br)c1cc(Cl)c(Br)s1. The fraction of sp³-hybridized carbons (Fsp3) is 0.429. The summed E-state index contributed by atoms with van der Waals surface area (Å²) in [5, 5.41) is 0.226. The number of thiophene rings is 1. The fourth-order valence-electron chi connectivity index (χ4n) is 0.789. The van der Waals surface area contributed by atoms with Gasteiger partial charge in [-0.2, -0.15) is 8.78 Å². The Labute approximate surface area is 109 Å². The van der Waals surface area contributed by atoms with Crippen molar-refractivity contribution in [3.05, 3.63) is 19.8 Å². The lowest BCUT2D eigenvalue weighted by Gasteiger charge is -2.19. The molecule has 0 nitrogen and oxygen atoms in total. The van der Waals surface area contributed by atoms with Gasteiger partial charge in [-0.1, -0.05) is 27.5 Å². The summed E-state index contributed by atoms with van der Waals surface area (Å²) in [5.41, 5.74) is 0. The second kappa shape index (κ2) is 4.89. The van der Waals surface area contributed by atoms with Crippen molar-refractivity contribution in [2.24, 2.45) is 0 Å². The lowest BCUT2D eigenvalue weighted by atomic mass is 10.2. The molecule has 15 heavy (non-hydrogen) atoms. The van der Waals surface area contributed by atoms with Crippen molar-refractivity contribution in [1.82, 2.24) is 0 Å². The van der Waals surface area contributed by atoms with Gasteiger partial charge in [-0.15, -0.1) is 11.3 Å². The van der Waals surface area contributed by atoms with Crippen molar-refractivity contribution in [2.75, 3.05) is 0 Å². The molecule has 0 fully saturated rings. The number of halogens is 7. The minimum atomic E-state index is -4.12. The van der Waals surface area contributed by atoms with E-state index in [1.165, 1.54) is 6.07 Å². The van der Waals surface area contributed by atoms with Crippen LogP contribution in [0.5, 0.6) is 0 Å². The number of rotatable bonds is 3. The van der Waals surface area contributed by atoms with E-state index in [2.05, 4.69) is 31.9 Å². The zero-order chi connectivity index (χ0) is 11.8. The fourth-order valence-corrected chi connectivity index (χ4v) is 3.17. The quantitative estimate of drug-likeness (QED) is 0.472. The summed E-state index contributed by atoms with van der Waals surface area (Å²) in [5.74, 6) is -4.12. The summed E-state index contributed by atoms with van der Waals surface area (Å²) in [4.78, 5) is -1.68. The Balaban J connectivity index is 2.99. The Morgan fingerprint density at radius 1 is 1.40 bits per heavy atom. The molecule has 1 rings (SSSR count). The smallest absolute Gasteiger partial charge is 0.204 e. The van der Waals surface area contributed by atoms with Gasteiger partial charge in [-0.3, -0.25) is 0 Å². The monoisotopic (exact) mass is 388 g/mol. The first-order chi connectivity index (χ1) is 6.76. The number of hydrogen-bond acceptors (Lipinski definition) is 1. The predicted molar refractivity (Wildman–Crippen MR) is 59.6 cm³/mol. The Hall–Kier alpha value is 0.670.